The lowest BCUT2D eigenvalue weighted by molar-refractivity contribution is 0.0188. The number of carbonyl (C=O) groups excluding carboxylic acids is 1. The second kappa shape index (κ2) is 9.05. The predicted molar refractivity (Wildman–Crippen MR) is 91.7 cm³/mol. The molecular weight excluding hydrogens is 308 g/mol. The molecule has 0 aliphatic heterocycles. The molecule has 2 aromatic rings. The van der Waals surface area contributed by atoms with E-state index in [1.165, 1.54) is 4.90 Å². The molecule has 1 aromatic carbocycles. The number of benzene rings is 1. The summed E-state index contributed by atoms with van der Waals surface area (Å²) in [5, 5.41) is 16.8. The van der Waals surface area contributed by atoms with Gasteiger partial charge in [0.15, 0.2) is 0 Å². The summed E-state index contributed by atoms with van der Waals surface area (Å²) in [6.45, 7) is 3.49. The van der Waals surface area contributed by atoms with E-state index in [4.69, 9.17) is 4.74 Å². The smallest absolute Gasteiger partial charge is 0.321 e. The van der Waals surface area contributed by atoms with Crippen LogP contribution in [0, 0.1) is 0 Å². The first-order chi connectivity index (χ1) is 11.6. The Kier molecular flexibility index (Phi) is 6.77. The van der Waals surface area contributed by atoms with Crippen LogP contribution in [0.3, 0.4) is 0 Å². The number of aliphatic hydroxyl groups is 1. The van der Waals surface area contributed by atoms with Crippen LogP contribution in [0.4, 0.5) is 10.5 Å². The SMILES string of the molecule is CCn1cc(NC(=O)N(C)CC(O)COCc2ccccc2)cn1. The van der Waals surface area contributed by atoms with Gasteiger partial charge in [-0.1, -0.05) is 30.3 Å². The molecule has 7 nitrogen and oxygen atoms in total. The van der Waals surface area contributed by atoms with Gasteiger partial charge in [-0.05, 0) is 12.5 Å². The van der Waals surface area contributed by atoms with Crippen LogP contribution in [-0.2, 0) is 17.9 Å². The van der Waals surface area contributed by atoms with Gasteiger partial charge in [0.25, 0.3) is 0 Å². The molecule has 0 saturated heterocycles. The molecule has 24 heavy (non-hydrogen) atoms. The summed E-state index contributed by atoms with van der Waals surface area (Å²) in [4.78, 5) is 13.5. The van der Waals surface area contributed by atoms with Gasteiger partial charge in [0, 0.05) is 19.8 Å². The predicted octanol–water partition coefficient (Wildman–Crippen LogP) is 1.94. The number of likely N-dealkylation sites (N-methyl/N-ethyl adjacent to an activating group) is 1. The lowest BCUT2D eigenvalue weighted by atomic mass is 10.2. The van der Waals surface area contributed by atoms with Crippen molar-refractivity contribution in [3.05, 3.63) is 48.3 Å². The van der Waals surface area contributed by atoms with Crippen molar-refractivity contribution >= 4 is 11.7 Å². The third kappa shape index (κ3) is 5.68. The van der Waals surface area contributed by atoms with Crippen LogP contribution in [-0.4, -0.2) is 52.1 Å². The monoisotopic (exact) mass is 332 g/mol. The molecular formula is C17H24N4O3. The van der Waals surface area contributed by atoms with Crippen molar-refractivity contribution in [3.8, 4) is 0 Å². The highest BCUT2D eigenvalue weighted by atomic mass is 16.5. The van der Waals surface area contributed by atoms with Gasteiger partial charge in [-0.15, -0.1) is 0 Å². The van der Waals surface area contributed by atoms with Crippen LogP contribution in [0.2, 0.25) is 0 Å². The van der Waals surface area contributed by atoms with E-state index in [-0.39, 0.29) is 19.2 Å². The summed E-state index contributed by atoms with van der Waals surface area (Å²) in [5.74, 6) is 0. The number of ether oxygens (including phenoxy) is 1. The Labute approximate surface area is 141 Å². The van der Waals surface area contributed by atoms with Crippen LogP contribution in [0.1, 0.15) is 12.5 Å². The van der Waals surface area contributed by atoms with Crippen molar-refractivity contribution in [2.75, 3.05) is 25.5 Å². The average Bonchev–Trinajstić information content (AvgIpc) is 3.03. The number of rotatable bonds is 8. The van der Waals surface area contributed by atoms with Gasteiger partial charge in [0.1, 0.15) is 0 Å². The van der Waals surface area contributed by atoms with E-state index in [9.17, 15) is 9.90 Å². The first kappa shape index (κ1) is 18.0. The number of aliphatic hydroxyl groups excluding tert-OH is 1. The van der Waals surface area contributed by atoms with Crippen LogP contribution < -0.4 is 5.32 Å². The number of hydrogen-bond donors (Lipinski definition) is 2. The summed E-state index contributed by atoms with van der Waals surface area (Å²) in [5.41, 5.74) is 1.67. The maximum Gasteiger partial charge on any atom is 0.321 e. The van der Waals surface area contributed by atoms with Crippen molar-refractivity contribution in [3.63, 3.8) is 0 Å². The van der Waals surface area contributed by atoms with E-state index in [0.717, 1.165) is 12.1 Å². The zero-order valence-electron chi connectivity index (χ0n) is 14.1. The van der Waals surface area contributed by atoms with Crippen molar-refractivity contribution in [2.24, 2.45) is 0 Å². The van der Waals surface area contributed by atoms with Crippen LogP contribution in [0.5, 0.6) is 0 Å². The number of carbonyl (C=O) groups is 1. The topological polar surface area (TPSA) is 79.6 Å². The van der Waals surface area contributed by atoms with Crippen molar-refractivity contribution in [1.82, 2.24) is 14.7 Å². The second-order valence-corrected chi connectivity index (χ2v) is 5.55. The highest BCUT2D eigenvalue weighted by Crippen LogP contribution is 2.06. The summed E-state index contributed by atoms with van der Waals surface area (Å²) in [7, 11) is 1.62. The number of aryl methyl sites for hydroxylation is 1. The molecule has 1 heterocycles. The lowest BCUT2D eigenvalue weighted by Crippen LogP contribution is -2.38. The molecule has 1 unspecified atom stereocenters. The minimum absolute atomic E-state index is 0.167. The molecule has 1 aromatic heterocycles. The largest absolute Gasteiger partial charge is 0.389 e. The molecule has 0 fully saturated rings. The van der Waals surface area contributed by atoms with Gasteiger partial charge >= 0.3 is 6.03 Å². The van der Waals surface area contributed by atoms with Gasteiger partial charge < -0.3 is 20.1 Å². The molecule has 0 radical (unpaired) electrons. The van der Waals surface area contributed by atoms with Crippen LogP contribution in [0.25, 0.3) is 0 Å². The number of hydrogen-bond acceptors (Lipinski definition) is 4. The molecule has 130 valence electrons. The van der Waals surface area contributed by atoms with Gasteiger partial charge in [-0.25, -0.2) is 4.79 Å². The van der Waals surface area contributed by atoms with Crippen molar-refractivity contribution in [1.29, 1.82) is 0 Å². The van der Waals surface area contributed by atoms with Crippen molar-refractivity contribution < 1.29 is 14.6 Å². The number of nitrogens with one attached hydrogen (secondary N) is 1. The standard InChI is InChI=1S/C17H24N4O3/c1-3-21-10-15(9-18-21)19-17(23)20(2)11-16(22)13-24-12-14-7-5-4-6-8-14/h4-10,16,22H,3,11-13H2,1-2H3,(H,19,23). The molecule has 0 aliphatic carbocycles. The van der Waals surface area contributed by atoms with Crippen LogP contribution in [0.15, 0.2) is 42.7 Å². The fourth-order valence-electron chi connectivity index (χ4n) is 2.16. The maximum atomic E-state index is 12.1. The third-order valence-corrected chi connectivity index (χ3v) is 3.46. The summed E-state index contributed by atoms with van der Waals surface area (Å²) < 4.78 is 7.20. The molecule has 0 spiro atoms. The van der Waals surface area contributed by atoms with E-state index < -0.39 is 6.10 Å². The molecule has 0 aliphatic rings. The third-order valence-electron chi connectivity index (χ3n) is 3.46. The summed E-state index contributed by atoms with van der Waals surface area (Å²) >= 11 is 0. The molecule has 1 atom stereocenters. The van der Waals surface area contributed by atoms with E-state index in [1.807, 2.05) is 37.3 Å². The molecule has 2 rings (SSSR count). The first-order valence-electron chi connectivity index (χ1n) is 7.92. The zero-order valence-corrected chi connectivity index (χ0v) is 14.1. The maximum absolute atomic E-state index is 12.1. The number of urea groups is 1. The number of amides is 2. The summed E-state index contributed by atoms with van der Waals surface area (Å²) in [6.07, 6.45) is 2.60. The Morgan fingerprint density at radius 3 is 2.83 bits per heavy atom. The highest BCUT2D eigenvalue weighted by Gasteiger charge is 2.14. The number of aromatic nitrogens is 2. The molecule has 2 amide bonds. The molecule has 7 heteroatoms. The Morgan fingerprint density at radius 2 is 2.17 bits per heavy atom. The Morgan fingerprint density at radius 1 is 1.42 bits per heavy atom. The highest BCUT2D eigenvalue weighted by molar-refractivity contribution is 5.88. The Balaban J connectivity index is 1.70. The first-order valence-corrected chi connectivity index (χ1v) is 7.92. The van der Waals surface area contributed by atoms with Gasteiger partial charge in [-0.2, -0.15) is 5.10 Å². The fraction of sp³-hybridized carbons (Fsp3) is 0.412. The molecule has 0 saturated carbocycles. The van der Waals surface area contributed by atoms with E-state index in [2.05, 4.69) is 10.4 Å². The minimum atomic E-state index is -0.747. The summed E-state index contributed by atoms with van der Waals surface area (Å²) in [6, 6.07) is 9.44. The quantitative estimate of drug-likeness (QED) is 0.774. The number of nitrogens with zero attached hydrogens (tertiary/aromatic N) is 3. The second-order valence-electron chi connectivity index (χ2n) is 5.55. The Bertz CT molecular complexity index is 630. The normalized spacial score (nSPS) is 12.0. The van der Waals surface area contributed by atoms with Crippen LogP contribution >= 0.6 is 0 Å². The van der Waals surface area contributed by atoms with Gasteiger partial charge in [-0.3, -0.25) is 4.68 Å². The van der Waals surface area contributed by atoms with E-state index in [1.54, 1.807) is 24.1 Å². The van der Waals surface area contributed by atoms with Gasteiger partial charge in [0.2, 0.25) is 0 Å². The lowest BCUT2D eigenvalue weighted by Gasteiger charge is -2.21. The minimum Gasteiger partial charge on any atom is -0.389 e. The van der Waals surface area contributed by atoms with E-state index in [0.29, 0.717) is 12.3 Å². The van der Waals surface area contributed by atoms with Gasteiger partial charge in [0.05, 0.1) is 37.7 Å². The molecule has 0 bridgehead atoms. The van der Waals surface area contributed by atoms with Crippen molar-refractivity contribution in [2.45, 2.75) is 26.2 Å². The van der Waals surface area contributed by atoms with E-state index >= 15 is 0 Å². The Hall–Kier alpha value is -2.38. The number of anilines is 1. The zero-order chi connectivity index (χ0) is 17.4. The molecule has 2 N–H and O–H groups in total. The fourth-order valence-corrected chi connectivity index (χ4v) is 2.16. The average molecular weight is 332 g/mol.